The molecule has 3 heterocycles. The molecule has 2 N–H and O–H groups in total. The van der Waals surface area contributed by atoms with Gasteiger partial charge in [0.1, 0.15) is 6.33 Å². The van der Waals surface area contributed by atoms with Crippen molar-refractivity contribution in [1.29, 1.82) is 0 Å². The van der Waals surface area contributed by atoms with Gasteiger partial charge in [-0.15, -0.1) is 0 Å². The fourth-order valence-corrected chi connectivity index (χ4v) is 6.67. The van der Waals surface area contributed by atoms with Crippen LogP contribution in [0.3, 0.4) is 0 Å². The SMILES string of the molecule is O=C(CC1CC(F)(F)C1)NC(c1ccn2cc([C@@H](NC(=O)c3ncnn3CC3CC3)C3CCC(F)(F)CC3)nc2n1)C1CC1. The van der Waals surface area contributed by atoms with Crippen LogP contribution >= 0.6 is 0 Å². The number of nitrogens with one attached hydrogen (secondary N) is 2. The van der Waals surface area contributed by atoms with Gasteiger partial charge in [-0.2, -0.15) is 5.10 Å². The summed E-state index contributed by atoms with van der Waals surface area (Å²) in [5.41, 5.74) is 1.12. The molecule has 7 rings (SSSR count). The zero-order chi connectivity index (χ0) is 30.6. The summed E-state index contributed by atoms with van der Waals surface area (Å²) < 4.78 is 58.0. The zero-order valence-corrected chi connectivity index (χ0v) is 24.3. The zero-order valence-electron chi connectivity index (χ0n) is 24.3. The third-order valence-electron chi connectivity index (χ3n) is 9.53. The standard InChI is InChI=1S/C30H36F4N8O2/c31-29(32)8-5-20(6-9-29)25(40-27(44)26-35-16-36-42(26)14-17-1-2-17)22-15-41-10-7-21(37-28(41)38-22)24(19-3-4-19)39-23(43)11-18-12-30(33,34)13-18/h7,10,15-20,24-25H,1-6,8-9,11-14H2,(H,39,43)(H,40,44)/t24?,25-/m0/s1. The van der Waals surface area contributed by atoms with E-state index in [0.717, 1.165) is 25.7 Å². The molecule has 2 atom stereocenters. The first-order chi connectivity index (χ1) is 21.0. The van der Waals surface area contributed by atoms with E-state index in [0.29, 0.717) is 29.6 Å². The highest BCUT2D eigenvalue weighted by molar-refractivity contribution is 5.90. The van der Waals surface area contributed by atoms with Crippen molar-refractivity contribution in [3.63, 3.8) is 0 Å². The Morgan fingerprint density at radius 1 is 0.886 bits per heavy atom. The molecule has 0 aliphatic heterocycles. The van der Waals surface area contributed by atoms with Gasteiger partial charge in [-0.25, -0.2) is 37.2 Å². The molecule has 3 aromatic heterocycles. The Balaban J connectivity index is 1.11. The van der Waals surface area contributed by atoms with E-state index in [4.69, 9.17) is 9.97 Å². The van der Waals surface area contributed by atoms with Gasteiger partial charge in [0.25, 0.3) is 5.91 Å². The van der Waals surface area contributed by atoms with Crippen LogP contribution in [-0.4, -0.2) is 52.8 Å². The molecule has 3 aromatic rings. The number of hydrogen-bond donors (Lipinski definition) is 2. The minimum absolute atomic E-state index is 0.0603. The molecule has 4 saturated carbocycles. The summed E-state index contributed by atoms with van der Waals surface area (Å²) in [7, 11) is 0. The molecule has 0 aromatic carbocycles. The first kappa shape index (κ1) is 29.1. The van der Waals surface area contributed by atoms with Crippen molar-refractivity contribution >= 4 is 17.6 Å². The Kier molecular flexibility index (Phi) is 7.35. The topological polar surface area (TPSA) is 119 Å². The molecule has 236 valence electrons. The van der Waals surface area contributed by atoms with E-state index in [-0.39, 0.29) is 80.5 Å². The Bertz CT molecular complexity index is 1530. The maximum Gasteiger partial charge on any atom is 0.289 e. The van der Waals surface area contributed by atoms with E-state index >= 15 is 0 Å². The van der Waals surface area contributed by atoms with Gasteiger partial charge in [-0.3, -0.25) is 14.0 Å². The number of alkyl halides is 4. The number of hydrogen-bond acceptors (Lipinski definition) is 6. The smallest absolute Gasteiger partial charge is 0.289 e. The third kappa shape index (κ3) is 6.44. The summed E-state index contributed by atoms with van der Waals surface area (Å²) in [5.74, 6) is -5.46. The van der Waals surface area contributed by atoms with E-state index in [9.17, 15) is 27.2 Å². The predicted octanol–water partition coefficient (Wildman–Crippen LogP) is 5.03. The largest absolute Gasteiger partial charge is 0.347 e. The quantitative estimate of drug-likeness (QED) is 0.292. The second kappa shape index (κ2) is 11.1. The highest BCUT2D eigenvalue weighted by Crippen LogP contribution is 2.45. The molecule has 0 radical (unpaired) electrons. The molecule has 0 spiro atoms. The van der Waals surface area contributed by atoms with Crippen molar-refractivity contribution in [2.45, 2.75) is 101 Å². The summed E-state index contributed by atoms with van der Waals surface area (Å²) in [6.45, 7) is 0.607. The Morgan fingerprint density at radius 3 is 2.25 bits per heavy atom. The molecule has 4 aliphatic carbocycles. The van der Waals surface area contributed by atoms with Crippen molar-refractivity contribution in [3.05, 3.63) is 42.0 Å². The van der Waals surface area contributed by atoms with Crippen molar-refractivity contribution < 1.29 is 27.2 Å². The van der Waals surface area contributed by atoms with Crippen molar-refractivity contribution in [1.82, 2.24) is 39.8 Å². The highest BCUT2D eigenvalue weighted by atomic mass is 19.3. The molecule has 4 fully saturated rings. The lowest BCUT2D eigenvalue weighted by molar-refractivity contribution is -0.134. The van der Waals surface area contributed by atoms with Crippen LogP contribution in [0.25, 0.3) is 5.78 Å². The normalized spacial score (nSPS) is 23.2. The number of halogens is 4. The van der Waals surface area contributed by atoms with Gasteiger partial charge < -0.3 is 10.6 Å². The lowest BCUT2D eigenvalue weighted by Crippen LogP contribution is -2.39. The van der Waals surface area contributed by atoms with Crippen molar-refractivity contribution in [2.24, 2.45) is 23.7 Å². The minimum atomic E-state index is -2.73. The van der Waals surface area contributed by atoms with E-state index in [1.165, 1.54) is 6.33 Å². The molecule has 0 saturated heterocycles. The highest BCUT2D eigenvalue weighted by Gasteiger charge is 2.46. The number of carbonyl (C=O) groups is 2. The third-order valence-corrected chi connectivity index (χ3v) is 9.53. The number of fused-ring (bicyclic) bond motifs is 1. The molecule has 2 amide bonds. The monoisotopic (exact) mass is 616 g/mol. The summed E-state index contributed by atoms with van der Waals surface area (Å²) >= 11 is 0. The lowest BCUT2D eigenvalue weighted by Gasteiger charge is -2.34. The van der Waals surface area contributed by atoms with Crippen LogP contribution in [0, 0.1) is 23.7 Å². The Morgan fingerprint density at radius 2 is 1.57 bits per heavy atom. The number of imidazole rings is 1. The summed E-state index contributed by atoms with van der Waals surface area (Å²) in [5, 5.41) is 10.3. The van der Waals surface area contributed by atoms with Crippen LogP contribution in [0.5, 0.6) is 0 Å². The van der Waals surface area contributed by atoms with E-state index in [1.54, 1.807) is 27.5 Å². The van der Waals surface area contributed by atoms with Gasteiger partial charge in [-0.1, -0.05) is 0 Å². The van der Waals surface area contributed by atoms with Gasteiger partial charge in [-0.05, 0) is 68.3 Å². The van der Waals surface area contributed by atoms with Crippen molar-refractivity contribution in [3.8, 4) is 0 Å². The Hall–Kier alpha value is -3.58. The van der Waals surface area contributed by atoms with Crippen LogP contribution in [0.2, 0.25) is 0 Å². The number of amides is 2. The van der Waals surface area contributed by atoms with Gasteiger partial charge in [0.15, 0.2) is 0 Å². The number of rotatable bonds is 11. The van der Waals surface area contributed by atoms with Crippen LogP contribution in [-0.2, 0) is 11.3 Å². The maximum absolute atomic E-state index is 14.1. The first-order valence-electron chi connectivity index (χ1n) is 15.6. The molecular formula is C30H36F4N8O2. The predicted molar refractivity (Wildman–Crippen MR) is 149 cm³/mol. The molecule has 0 bridgehead atoms. The second-order valence-electron chi connectivity index (χ2n) is 13.3. The Labute approximate surface area is 251 Å². The molecule has 1 unspecified atom stereocenters. The van der Waals surface area contributed by atoms with Crippen LogP contribution in [0.1, 0.15) is 105 Å². The minimum Gasteiger partial charge on any atom is -0.347 e. The maximum atomic E-state index is 14.1. The van der Waals surface area contributed by atoms with Gasteiger partial charge in [0, 0.05) is 51.0 Å². The van der Waals surface area contributed by atoms with Gasteiger partial charge in [0.05, 0.1) is 23.5 Å². The molecule has 4 aliphatic rings. The van der Waals surface area contributed by atoms with Gasteiger partial charge >= 0.3 is 0 Å². The van der Waals surface area contributed by atoms with Crippen LogP contribution < -0.4 is 10.6 Å². The average Bonchev–Trinajstić information content (AvgIpc) is 3.87. The van der Waals surface area contributed by atoms with Crippen LogP contribution in [0.4, 0.5) is 17.6 Å². The van der Waals surface area contributed by atoms with E-state index in [2.05, 4.69) is 20.7 Å². The van der Waals surface area contributed by atoms with E-state index in [1.807, 2.05) is 0 Å². The average molecular weight is 617 g/mol. The molecule has 14 heteroatoms. The number of nitrogens with zero attached hydrogens (tertiary/aromatic N) is 6. The fourth-order valence-electron chi connectivity index (χ4n) is 6.67. The van der Waals surface area contributed by atoms with Gasteiger partial charge in [0.2, 0.25) is 29.4 Å². The second-order valence-corrected chi connectivity index (χ2v) is 13.3. The summed E-state index contributed by atoms with van der Waals surface area (Å²) in [6, 6.07) is 0.797. The van der Waals surface area contributed by atoms with E-state index < -0.39 is 23.8 Å². The molecule has 10 nitrogen and oxygen atoms in total. The fraction of sp³-hybridized carbons (Fsp3) is 0.667. The summed E-state index contributed by atoms with van der Waals surface area (Å²) in [4.78, 5) is 39.8. The summed E-state index contributed by atoms with van der Waals surface area (Å²) in [6.07, 6.45) is 8.35. The van der Waals surface area contributed by atoms with Crippen molar-refractivity contribution in [2.75, 3.05) is 0 Å². The molecule has 44 heavy (non-hydrogen) atoms. The number of carbonyl (C=O) groups excluding carboxylic acids is 2. The van der Waals surface area contributed by atoms with Crippen LogP contribution in [0.15, 0.2) is 24.8 Å². The molecular weight excluding hydrogens is 580 g/mol. The number of aromatic nitrogens is 6. The lowest BCUT2D eigenvalue weighted by atomic mass is 9.79. The first-order valence-corrected chi connectivity index (χ1v) is 15.6.